The Morgan fingerprint density at radius 1 is 1.42 bits per heavy atom. The lowest BCUT2D eigenvalue weighted by Gasteiger charge is -2.19. The topological polar surface area (TPSA) is 107 Å². The molecule has 0 atom stereocenters. The molecule has 0 aliphatic carbocycles. The summed E-state index contributed by atoms with van der Waals surface area (Å²) in [5, 5.41) is 16.5. The summed E-state index contributed by atoms with van der Waals surface area (Å²) in [6, 6.07) is 5.49. The lowest BCUT2D eigenvalue weighted by molar-refractivity contribution is -0.117. The first-order valence-corrected chi connectivity index (χ1v) is 8.82. The van der Waals surface area contributed by atoms with E-state index >= 15 is 0 Å². The molecule has 0 bridgehead atoms. The quantitative estimate of drug-likeness (QED) is 0.605. The van der Waals surface area contributed by atoms with Crippen LogP contribution in [0.2, 0.25) is 0 Å². The molecule has 3 aromatic rings. The predicted molar refractivity (Wildman–Crippen MR) is 94.6 cm³/mol. The third-order valence-electron chi connectivity index (χ3n) is 3.43. The van der Waals surface area contributed by atoms with Gasteiger partial charge < -0.3 is 19.0 Å². The van der Waals surface area contributed by atoms with E-state index < -0.39 is 0 Å². The zero-order valence-electron chi connectivity index (χ0n) is 14.5. The molecular formula is C16H19N5O4S. The van der Waals surface area contributed by atoms with Gasteiger partial charge in [0.05, 0.1) is 24.6 Å². The molecule has 1 N–H and O–H groups in total. The summed E-state index contributed by atoms with van der Waals surface area (Å²) in [4.78, 5) is 15.0. The monoisotopic (exact) mass is 377 g/mol. The number of rotatable bonds is 9. The summed E-state index contributed by atoms with van der Waals surface area (Å²) in [6.45, 7) is 3.24. The van der Waals surface area contributed by atoms with Crippen LogP contribution in [0.4, 0.5) is 5.82 Å². The first-order valence-electron chi connectivity index (χ1n) is 7.95. The van der Waals surface area contributed by atoms with Crippen molar-refractivity contribution in [2.45, 2.75) is 13.5 Å². The Kier molecular flexibility index (Phi) is 6.10. The van der Waals surface area contributed by atoms with Gasteiger partial charge in [0.1, 0.15) is 5.76 Å². The first kappa shape index (κ1) is 18.2. The summed E-state index contributed by atoms with van der Waals surface area (Å²) in [5.74, 6) is 1.71. The molecule has 0 fully saturated rings. The third-order valence-corrected chi connectivity index (χ3v) is 4.29. The van der Waals surface area contributed by atoms with E-state index in [0.717, 1.165) is 4.88 Å². The fourth-order valence-corrected chi connectivity index (χ4v) is 2.90. The van der Waals surface area contributed by atoms with Crippen molar-refractivity contribution in [2.75, 3.05) is 32.1 Å². The van der Waals surface area contributed by atoms with Crippen LogP contribution in [0.3, 0.4) is 0 Å². The van der Waals surface area contributed by atoms with E-state index in [9.17, 15) is 4.79 Å². The highest BCUT2D eigenvalue weighted by atomic mass is 32.1. The van der Waals surface area contributed by atoms with Crippen LogP contribution in [0, 0.1) is 6.92 Å². The number of carbonyl (C=O) groups excluding carboxylic acids is 1. The number of aromatic nitrogens is 3. The number of methoxy groups -OCH3 is 1. The van der Waals surface area contributed by atoms with Crippen LogP contribution in [0.1, 0.15) is 11.7 Å². The van der Waals surface area contributed by atoms with Crippen molar-refractivity contribution < 1.29 is 18.5 Å². The molecule has 26 heavy (non-hydrogen) atoms. The summed E-state index contributed by atoms with van der Waals surface area (Å²) < 4.78 is 15.7. The highest BCUT2D eigenvalue weighted by Crippen LogP contribution is 2.23. The summed E-state index contributed by atoms with van der Waals surface area (Å²) >= 11 is 1.53. The number of nitrogens with one attached hydrogen (secondary N) is 1. The van der Waals surface area contributed by atoms with Crippen molar-refractivity contribution in [1.82, 2.24) is 20.3 Å². The Bertz CT molecular complexity index is 829. The van der Waals surface area contributed by atoms with Crippen molar-refractivity contribution >= 4 is 23.1 Å². The van der Waals surface area contributed by atoms with Gasteiger partial charge >= 0.3 is 0 Å². The molecule has 0 unspecified atom stereocenters. The number of amides is 1. The minimum absolute atomic E-state index is 0.131. The summed E-state index contributed by atoms with van der Waals surface area (Å²) in [6.07, 6.45) is 0. The second-order valence-electron chi connectivity index (χ2n) is 5.55. The summed E-state index contributed by atoms with van der Waals surface area (Å²) in [7, 11) is 1.61. The third kappa shape index (κ3) is 4.97. The number of ether oxygens (including phenoxy) is 1. The number of aryl methyl sites for hydroxylation is 1. The van der Waals surface area contributed by atoms with E-state index in [2.05, 4.69) is 20.7 Å². The van der Waals surface area contributed by atoms with Crippen LogP contribution >= 0.6 is 11.3 Å². The minimum Gasteiger partial charge on any atom is -0.419 e. The molecule has 3 rings (SSSR count). The van der Waals surface area contributed by atoms with E-state index in [1.54, 1.807) is 20.1 Å². The zero-order chi connectivity index (χ0) is 18.4. The molecule has 3 heterocycles. The molecule has 1 amide bonds. The maximum Gasteiger partial charge on any atom is 0.257 e. The molecule has 0 saturated heterocycles. The molecule has 9 nitrogen and oxygen atoms in total. The SMILES string of the molecule is COCCN(CC(=O)Nc1cc(C)on1)Cc1nnc(-c2cccs2)o1. The van der Waals surface area contributed by atoms with E-state index in [-0.39, 0.29) is 12.5 Å². The minimum atomic E-state index is -0.215. The average molecular weight is 377 g/mol. The molecule has 0 radical (unpaired) electrons. The van der Waals surface area contributed by atoms with Gasteiger partial charge in [-0.25, -0.2) is 0 Å². The van der Waals surface area contributed by atoms with Gasteiger partial charge in [0.2, 0.25) is 11.8 Å². The van der Waals surface area contributed by atoms with Gasteiger partial charge in [-0.1, -0.05) is 11.2 Å². The first-order chi connectivity index (χ1) is 12.6. The van der Waals surface area contributed by atoms with E-state index in [1.807, 2.05) is 22.4 Å². The molecule has 0 aromatic carbocycles. The van der Waals surface area contributed by atoms with Gasteiger partial charge in [0, 0.05) is 19.7 Å². The Labute approximate surface area is 153 Å². The highest BCUT2D eigenvalue weighted by molar-refractivity contribution is 7.13. The number of thiophene rings is 1. The van der Waals surface area contributed by atoms with Crippen LogP contribution in [-0.4, -0.2) is 53.0 Å². The van der Waals surface area contributed by atoms with Crippen molar-refractivity contribution in [3.05, 3.63) is 35.2 Å². The number of hydrogen-bond acceptors (Lipinski definition) is 9. The smallest absolute Gasteiger partial charge is 0.257 e. The predicted octanol–water partition coefficient (Wildman–Crippen LogP) is 2.18. The molecule has 0 aliphatic heterocycles. The lowest BCUT2D eigenvalue weighted by atomic mass is 10.4. The number of hydrogen-bond donors (Lipinski definition) is 1. The molecule has 138 valence electrons. The van der Waals surface area contributed by atoms with Crippen LogP contribution in [0.5, 0.6) is 0 Å². The number of carbonyl (C=O) groups is 1. The maximum absolute atomic E-state index is 12.2. The van der Waals surface area contributed by atoms with Crippen molar-refractivity contribution in [1.29, 1.82) is 0 Å². The second-order valence-corrected chi connectivity index (χ2v) is 6.50. The van der Waals surface area contributed by atoms with Gasteiger partial charge in [0.15, 0.2) is 5.82 Å². The van der Waals surface area contributed by atoms with Crippen LogP contribution in [0.15, 0.2) is 32.5 Å². The molecule has 0 spiro atoms. The molecule has 0 saturated carbocycles. The second kappa shape index (κ2) is 8.70. The van der Waals surface area contributed by atoms with Gasteiger partial charge in [-0.15, -0.1) is 21.5 Å². The average Bonchev–Trinajstić information content (AvgIpc) is 3.34. The van der Waals surface area contributed by atoms with Crippen LogP contribution in [0.25, 0.3) is 10.8 Å². The number of anilines is 1. The normalized spacial score (nSPS) is 11.2. The van der Waals surface area contributed by atoms with Crippen molar-refractivity contribution in [3.8, 4) is 10.8 Å². The number of nitrogens with zero attached hydrogens (tertiary/aromatic N) is 4. The van der Waals surface area contributed by atoms with Gasteiger partial charge in [-0.05, 0) is 18.4 Å². The standard InChI is InChI=1S/C16H19N5O4S/c1-11-8-13(20-25-11)17-14(22)9-21(5-6-23-2)10-15-18-19-16(24-15)12-4-3-7-26-12/h3-4,7-8H,5-6,9-10H2,1-2H3,(H,17,20,22). The van der Waals surface area contributed by atoms with Crippen molar-refractivity contribution in [3.63, 3.8) is 0 Å². The fraction of sp³-hybridized carbons (Fsp3) is 0.375. The Balaban J connectivity index is 1.61. The van der Waals surface area contributed by atoms with Gasteiger partial charge in [-0.3, -0.25) is 9.69 Å². The maximum atomic E-state index is 12.2. The zero-order valence-corrected chi connectivity index (χ0v) is 15.3. The van der Waals surface area contributed by atoms with E-state index in [4.69, 9.17) is 13.7 Å². The Morgan fingerprint density at radius 2 is 2.31 bits per heavy atom. The lowest BCUT2D eigenvalue weighted by Crippen LogP contribution is -2.35. The van der Waals surface area contributed by atoms with Gasteiger partial charge in [-0.2, -0.15) is 0 Å². The van der Waals surface area contributed by atoms with Crippen LogP contribution < -0.4 is 5.32 Å². The molecule has 3 aromatic heterocycles. The largest absolute Gasteiger partial charge is 0.419 e. The van der Waals surface area contributed by atoms with E-state index in [0.29, 0.717) is 43.1 Å². The molecular weight excluding hydrogens is 358 g/mol. The Morgan fingerprint density at radius 3 is 3.00 bits per heavy atom. The van der Waals surface area contributed by atoms with Crippen LogP contribution in [-0.2, 0) is 16.1 Å². The highest BCUT2D eigenvalue weighted by Gasteiger charge is 2.17. The molecule has 10 heteroatoms. The summed E-state index contributed by atoms with van der Waals surface area (Å²) in [5.41, 5.74) is 0. The Hall–Kier alpha value is -2.56. The molecule has 0 aliphatic rings. The van der Waals surface area contributed by atoms with E-state index in [1.165, 1.54) is 11.3 Å². The van der Waals surface area contributed by atoms with Crippen molar-refractivity contribution in [2.24, 2.45) is 0 Å². The fourth-order valence-electron chi connectivity index (χ4n) is 2.25. The van der Waals surface area contributed by atoms with Gasteiger partial charge in [0.25, 0.3) is 5.89 Å².